The molecule has 1 aromatic rings. The largest absolute Gasteiger partial charge is 0.481 e. The third-order valence-corrected chi connectivity index (χ3v) is 3.79. The Labute approximate surface area is 104 Å². The average Bonchev–Trinajstić information content (AvgIpc) is 2.35. The van der Waals surface area contributed by atoms with E-state index in [1.807, 2.05) is 0 Å². The Balaban J connectivity index is 2.06. The van der Waals surface area contributed by atoms with Gasteiger partial charge in [0.25, 0.3) is 0 Å². The summed E-state index contributed by atoms with van der Waals surface area (Å²) in [5, 5.41) is 12.7. The molecule has 5 heteroatoms. The lowest BCUT2D eigenvalue weighted by molar-refractivity contribution is -0.142. The summed E-state index contributed by atoms with van der Waals surface area (Å²) in [6.45, 7) is 1.05. The molecule has 18 heavy (non-hydrogen) atoms. The van der Waals surface area contributed by atoms with Crippen molar-refractivity contribution in [2.24, 2.45) is 5.92 Å². The lowest BCUT2D eigenvalue weighted by atomic mass is 9.76. The van der Waals surface area contributed by atoms with Gasteiger partial charge in [0.15, 0.2) is 0 Å². The zero-order chi connectivity index (χ0) is 12.7. The highest BCUT2D eigenvalue weighted by Gasteiger charge is 2.42. The number of ether oxygens (including phenoxy) is 1. The van der Waals surface area contributed by atoms with Crippen molar-refractivity contribution in [2.75, 3.05) is 18.5 Å². The van der Waals surface area contributed by atoms with Gasteiger partial charge in [-0.25, -0.2) is 4.39 Å². The first-order chi connectivity index (χ1) is 8.66. The van der Waals surface area contributed by atoms with Gasteiger partial charge in [0.1, 0.15) is 5.82 Å². The molecule has 2 N–H and O–H groups in total. The van der Waals surface area contributed by atoms with Crippen molar-refractivity contribution >= 4 is 11.7 Å². The van der Waals surface area contributed by atoms with Crippen molar-refractivity contribution in [3.8, 4) is 0 Å². The maximum Gasteiger partial charge on any atom is 0.311 e. The van der Waals surface area contributed by atoms with Gasteiger partial charge in [-0.1, -0.05) is 6.07 Å². The maximum atomic E-state index is 13.2. The zero-order valence-electron chi connectivity index (χ0n) is 9.73. The number of benzene rings is 1. The molecule has 0 aromatic heterocycles. The highest BCUT2D eigenvalue weighted by atomic mass is 19.1. The van der Waals surface area contributed by atoms with Crippen LogP contribution in [0.4, 0.5) is 10.1 Å². The molecular weight excluding hydrogens is 237 g/mol. The lowest BCUT2D eigenvalue weighted by Crippen LogP contribution is -2.46. The topological polar surface area (TPSA) is 58.6 Å². The van der Waals surface area contributed by atoms with Crippen LogP contribution in [-0.4, -0.2) is 30.3 Å². The molecule has 0 aliphatic carbocycles. The summed E-state index contributed by atoms with van der Waals surface area (Å²) in [6, 6.07) is 4.28. The summed E-state index contributed by atoms with van der Waals surface area (Å²) in [5.41, 5.74) is 1.25. The number of carboxylic acid groups (broad SMARTS) is 1. The summed E-state index contributed by atoms with van der Waals surface area (Å²) < 4.78 is 18.6. The van der Waals surface area contributed by atoms with E-state index in [0.717, 1.165) is 6.42 Å². The molecule has 0 bridgehead atoms. The Hall–Kier alpha value is -1.62. The van der Waals surface area contributed by atoms with Crippen LogP contribution >= 0.6 is 0 Å². The molecule has 1 aromatic carbocycles. The Kier molecular flexibility index (Phi) is 2.70. The van der Waals surface area contributed by atoms with E-state index in [0.29, 0.717) is 24.5 Å². The normalized spacial score (nSPS) is 29.9. The third-order valence-electron chi connectivity index (χ3n) is 3.79. The first kappa shape index (κ1) is 11.5. The predicted octanol–water partition coefficient (Wildman–Crippen LogP) is 1.82. The summed E-state index contributed by atoms with van der Waals surface area (Å²) in [5.74, 6) is -1.93. The number of anilines is 1. The highest BCUT2D eigenvalue weighted by molar-refractivity contribution is 5.81. The maximum absolute atomic E-state index is 13.2. The van der Waals surface area contributed by atoms with Crippen LogP contribution in [0.3, 0.4) is 0 Å². The molecule has 3 unspecified atom stereocenters. The molecule has 1 fully saturated rings. The number of nitrogens with one attached hydrogen (secondary N) is 1. The van der Waals surface area contributed by atoms with Gasteiger partial charge in [0.2, 0.25) is 0 Å². The van der Waals surface area contributed by atoms with Crippen molar-refractivity contribution in [1.82, 2.24) is 0 Å². The van der Waals surface area contributed by atoms with Gasteiger partial charge in [-0.3, -0.25) is 4.79 Å². The average molecular weight is 251 g/mol. The van der Waals surface area contributed by atoms with E-state index in [-0.39, 0.29) is 17.8 Å². The van der Waals surface area contributed by atoms with Crippen molar-refractivity contribution in [3.63, 3.8) is 0 Å². The Bertz CT molecular complexity index is 491. The fourth-order valence-corrected chi connectivity index (χ4v) is 2.94. The zero-order valence-corrected chi connectivity index (χ0v) is 9.73. The summed E-state index contributed by atoms with van der Waals surface area (Å²) in [7, 11) is 0. The second-order valence-electron chi connectivity index (χ2n) is 4.83. The molecule has 0 spiro atoms. The quantitative estimate of drug-likeness (QED) is 0.799. The van der Waals surface area contributed by atoms with Gasteiger partial charge in [-0.2, -0.15) is 0 Å². The molecule has 4 nitrogen and oxygen atoms in total. The number of carboxylic acids is 1. The summed E-state index contributed by atoms with van der Waals surface area (Å²) >= 11 is 0. The van der Waals surface area contributed by atoms with Gasteiger partial charge in [-0.05, 0) is 24.1 Å². The molecule has 1 saturated heterocycles. The molecule has 96 valence electrons. The number of hydrogen-bond acceptors (Lipinski definition) is 3. The number of halogens is 1. The van der Waals surface area contributed by atoms with Crippen LogP contribution < -0.4 is 5.32 Å². The van der Waals surface area contributed by atoms with Gasteiger partial charge >= 0.3 is 5.97 Å². The summed E-state index contributed by atoms with van der Waals surface area (Å²) in [6.07, 6.45) is 0.754. The number of rotatable bonds is 1. The Morgan fingerprint density at radius 2 is 2.33 bits per heavy atom. The van der Waals surface area contributed by atoms with Crippen LogP contribution in [-0.2, 0) is 9.53 Å². The van der Waals surface area contributed by atoms with E-state index >= 15 is 0 Å². The van der Waals surface area contributed by atoms with E-state index in [1.165, 1.54) is 12.1 Å². The minimum absolute atomic E-state index is 0.0501. The van der Waals surface area contributed by atoms with E-state index in [4.69, 9.17) is 4.74 Å². The standard InChI is InChI=1S/C13H14FNO3/c14-7-1-2-8-11(5-7)15-10-3-4-18-6-9(10)12(8)13(16)17/h1-2,5,9-10,12,15H,3-4,6H2,(H,16,17). The number of carbonyl (C=O) groups is 1. The van der Waals surface area contributed by atoms with Crippen molar-refractivity contribution in [2.45, 2.75) is 18.4 Å². The smallest absolute Gasteiger partial charge is 0.311 e. The van der Waals surface area contributed by atoms with Crippen LogP contribution in [0.5, 0.6) is 0 Å². The van der Waals surface area contributed by atoms with E-state index in [9.17, 15) is 14.3 Å². The van der Waals surface area contributed by atoms with Gasteiger partial charge in [-0.15, -0.1) is 0 Å². The fourth-order valence-electron chi connectivity index (χ4n) is 2.94. The van der Waals surface area contributed by atoms with Crippen molar-refractivity contribution in [3.05, 3.63) is 29.6 Å². The first-order valence-electron chi connectivity index (χ1n) is 6.03. The summed E-state index contributed by atoms with van der Waals surface area (Å²) in [4.78, 5) is 11.5. The monoisotopic (exact) mass is 251 g/mol. The van der Waals surface area contributed by atoms with Crippen LogP contribution in [0.1, 0.15) is 17.9 Å². The van der Waals surface area contributed by atoms with E-state index < -0.39 is 11.9 Å². The van der Waals surface area contributed by atoms with Gasteiger partial charge < -0.3 is 15.2 Å². The molecule has 3 rings (SSSR count). The van der Waals surface area contributed by atoms with Crippen LogP contribution in [0.2, 0.25) is 0 Å². The lowest BCUT2D eigenvalue weighted by Gasteiger charge is -2.41. The first-order valence-corrected chi connectivity index (χ1v) is 6.03. The fraction of sp³-hybridized carbons (Fsp3) is 0.462. The molecule has 2 aliphatic rings. The second-order valence-corrected chi connectivity index (χ2v) is 4.83. The molecular formula is C13H14FNO3. The van der Waals surface area contributed by atoms with Crippen LogP contribution in [0.15, 0.2) is 18.2 Å². The van der Waals surface area contributed by atoms with Crippen LogP contribution in [0.25, 0.3) is 0 Å². The molecule has 0 radical (unpaired) electrons. The number of aliphatic carboxylic acids is 1. The Morgan fingerprint density at radius 3 is 3.11 bits per heavy atom. The molecule has 0 saturated carbocycles. The molecule has 3 atom stereocenters. The predicted molar refractivity (Wildman–Crippen MR) is 63.1 cm³/mol. The minimum Gasteiger partial charge on any atom is -0.481 e. The molecule has 0 amide bonds. The third kappa shape index (κ3) is 1.75. The van der Waals surface area contributed by atoms with Crippen molar-refractivity contribution < 1.29 is 19.0 Å². The Morgan fingerprint density at radius 1 is 1.50 bits per heavy atom. The van der Waals surface area contributed by atoms with Crippen molar-refractivity contribution in [1.29, 1.82) is 0 Å². The molecule has 2 aliphatic heterocycles. The van der Waals surface area contributed by atoms with Crippen LogP contribution in [0, 0.1) is 11.7 Å². The van der Waals surface area contributed by atoms with E-state index in [1.54, 1.807) is 6.07 Å². The minimum atomic E-state index is -0.871. The molecule has 2 heterocycles. The second kappa shape index (κ2) is 4.24. The number of fused-ring (bicyclic) bond motifs is 2. The highest BCUT2D eigenvalue weighted by Crippen LogP contribution is 2.41. The SMILES string of the molecule is O=C(O)C1c2ccc(F)cc2NC2CCOCC21. The van der Waals surface area contributed by atoms with Gasteiger partial charge in [0.05, 0.1) is 12.5 Å². The number of hydrogen-bond donors (Lipinski definition) is 2. The van der Waals surface area contributed by atoms with Gasteiger partial charge in [0, 0.05) is 24.3 Å². The van der Waals surface area contributed by atoms with E-state index in [2.05, 4.69) is 5.32 Å².